The third-order valence-electron chi connectivity index (χ3n) is 0.263. The van der Waals surface area contributed by atoms with E-state index in [2.05, 4.69) is 16.5 Å². The molecule has 5 nitrogen and oxygen atoms in total. The summed E-state index contributed by atoms with van der Waals surface area (Å²) < 4.78 is 0. The van der Waals surface area contributed by atoms with Gasteiger partial charge in [-0.1, -0.05) is 0 Å². The second kappa shape index (κ2) is 4.80. The lowest BCUT2D eigenvalue weighted by Crippen LogP contribution is -2.49. The Kier molecular flexibility index (Phi) is 4.64. The van der Waals surface area contributed by atoms with E-state index < -0.39 is 0 Å². The number of hydrogen-bond donors (Lipinski definition) is 5. The standard InChI is InChI=1S/CH9N5/c2-1-4-6-5-3/h4-6H,1-3H2. The Hall–Kier alpha value is -0.200. The van der Waals surface area contributed by atoms with Crippen molar-refractivity contribution in [3.8, 4) is 0 Å². The molecule has 0 amide bonds. The number of hydrogen-bond acceptors (Lipinski definition) is 5. The van der Waals surface area contributed by atoms with Crippen molar-refractivity contribution in [2.24, 2.45) is 11.6 Å². The highest BCUT2D eigenvalue weighted by Gasteiger charge is 1.65. The minimum absolute atomic E-state index is 0.351. The van der Waals surface area contributed by atoms with Gasteiger partial charge in [0.25, 0.3) is 0 Å². The van der Waals surface area contributed by atoms with Crippen LogP contribution in [0.5, 0.6) is 0 Å². The molecule has 0 aromatic heterocycles. The van der Waals surface area contributed by atoms with Gasteiger partial charge in [0.1, 0.15) is 0 Å². The first-order valence-corrected chi connectivity index (χ1v) is 1.55. The van der Waals surface area contributed by atoms with Crippen LogP contribution in [0.25, 0.3) is 0 Å². The first-order valence-electron chi connectivity index (χ1n) is 1.55. The van der Waals surface area contributed by atoms with Crippen LogP contribution in [0.15, 0.2) is 0 Å². The maximum atomic E-state index is 4.95. The second-order valence-electron chi connectivity index (χ2n) is 0.650. The molecule has 5 heteroatoms. The molecular weight excluding hydrogens is 82.0 g/mol. The summed E-state index contributed by atoms with van der Waals surface area (Å²) in [7, 11) is 0. The highest BCUT2D eigenvalue weighted by molar-refractivity contribution is 4.14. The quantitative estimate of drug-likeness (QED) is 0.113. The molecule has 0 radical (unpaired) electrons. The normalized spacial score (nSPS) is 9.00. The Labute approximate surface area is 36.0 Å². The summed E-state index contributed by atoms with van der Waals surface area (Å²) in [6.45, 7) is 0.351. The minimum atomic E-state index is 0.351. The molecule has 0 saturated carbocycles. The molecule has 0 atom stereocenters. The fourth-order valence-corrected chi connectivity index (χ4v) is 0.102. The lowest BCUT2D eigenvalue weighted by atomic mass is 11.2. The zero-order valence-corrected chi connectivity index (χ0v) is 3.36. The van der Waals surface area contributed by atoms with Crippen LogP contribution in [0.2, 0.25) is 0 Å². The summed E-state index contributed by atoms with van der Waals surface area (Å²) in [6, 6.07) is 0. The van der Waals surface area contributed by atoms with Crippen LogP contribution in [-0.2, 0) is 0 Å². The average Bonchev–Trinajstić information content (AvgIpc) is 1.61. The molecule has 0 rings (SSSR count). The van der Waals surface area contributed by atoms with Gasteiger partial charge in [-0.25, -0.2) is 5.43 Å². The van der Waals surface area contributed by atoms with E-state index in [0.717, 1.165) is 0 Å². The lowest BCUT2D eigenvalue weighted by molar-refractivity contribution is 0.451. The number of nitrogens with two attached hydrogens (primary N) is 2. The van der Waals surface area contributed by atoms with E-state index in [1.165, 1.54) is 0 Å². The topological polar surface area (TPSA) is 88.1 Å². The van der Waals surface area contributed by atoms with Crippen LogP contribution in [0.3, 0.4) is 0 Å². The predicted octanol–water partition coefficient (Wildman–Crippen LogP) is -2.62. The van der Waals surface area contributed by atoms with Crippen LogP contribution in [0.4, 0.5) is 0 Å². The van der Waals surface area contributed by atoms with E-state index in [4.69, 9.17) is 11.6 Å². The highest BCUT2D eigenvalue weighted by atomic mass is 15.7. The van der Waals surface area contributed by atoms with E-state index >= 15 is 0 Å². The van der Waals surface area contributed by atoms with Crippen molar-refractivity contribution in [2.45, 2.75) is 0 Å². The first kappa shape index (κ1) is 5.80. The molecule has 0 saturated heterocycles. The van der Waals surface area contributed by atoms with Gasteiger partial charge in [-0.05, 0) is 0 Å². The maximum Gasteiger partial charge on any atom is 0.0578 e. The van der Waals surface area contributed by atoms with Gasteiger partial charge in [0.05, 0.1) is 6.67 Å². The summed E-state index contributed by atoms with van der Waals surface area (Å²) in [6.07, 6.45) is 0. The monoisotopic (exact) mass is 91.1 g/mol. The molecule has 0 spiro atoms. The van der Waals surface area contributed by atoms with Crippen LogP contribution in [0.1, 0.15) is 0 Å². The fraction of sp³-hybridized carbons (Fsp3) is 1.00. The Morgan fingerprint density at radius 3 is 2.33 bits per heavy atom. The Morgan fingerprint density at radius 2 is 2.17 bits per heavy atom. The van der Waals surface area contributed by atoms with Gasteiger partial charge in [-0.15, -0.1) is 0 Å². The molecule has 0 bridgehead atoms. The lowest BCUT2D eigenvalue weighted by Gasteiger charge is -1.97. The Bertz CT molecular complexity index is 15.9. The third-order valence-corrected chi connectivity index (χ3v) is 0.263. The number of nitrogens with one attached hydrogen (secondary N) is 3. The van der Waals surface area contributed by atoms with Crippen molar-refractivity contribution >= 4 is 0 Å². The molecule has 7 N–H and O–H groups in total. The van der Waals surface area contributed by atoms with Crippen molar-refractivity contribution in [1.29, 1.82) is 0 Å². The van der Waals surface area contributed by atoms with Crippen LogP contribution < -0.4 is 28.1 Å². The zero-order chi connectivity index (χ0) is 4.83. The van der Waals surface area contributed by atoms with Gasteiger partial charge >= 0.3 is 0 Å². The summed E-state index contributed by atoms with van der Waals surface area (Å²) in [5.74, 6) is 4.74. The molecule has 0 heterocycles. The van der Waals surface area contributed by atoms with Crippen molar-refractivity contribution in [2.75, 3.05) is 6.67 Å². The fourth-order valence-electron chi connectivity index (χ4n) is 0.102. The van der Waals surface area contributed by atoms with Crippen molar-refractivity contribution in [3.63, 3.8) is 0 Å². The maximum absolute atomic E-state index is 4.95. The molecular formula is CH9N5. The molecule has 0 aromatic carbocycles. The molecule has 0 aliphatic heterocycles. The van der Waals surface area contributed by atoms with Gasteiger partial charge in [0.2, 0.25) is 0 Å². The van der Waals surface area contributed by atoms with E-state index in [1.807, 2.05) is 0 Å². The zero-order valence-electron chi connectivity index (χ0n) is 3.36. The highest BCUT2D eigenvalue weighted by Crippen LogP contribution is 1.19. The molecule has 0 aliphatic rings. The molecule has 38 valence electrons. The summed E-state index contributed by atoms with van der Waals surface area (Å²) in [5.41, 5.74) is 11.9. The largest absolute Gasteiger partial charge is 0.317 e. The Balaban J connectivity index is 2.34. The van der Waals surface area contributed by atoms with Gasteiger partial charge in [0, 0.05) is 0 Å². The average molecular weight is 91.1 g/mol. The second-order valence-corrected chi connectivity index (χ2v) is 0.650. The molecule has 6 heavy (non-hydrogen) atoms. The van der Waals surface area contributed by atoms with Gasteiger partial charge in [0.15, 0.2) is 0 Å². The number of hydrazine groups is 3. The van der Waals surface area contributed by atoms with E-state index in [1.54, 1.807) is 0 Å². The van der Waals surface area contributed by atoms with Gasteiger partial charge in [-0.3, -0.25) is 5.84 Å². The summed E-state index contributed by atoms with van der Waals surface area (Å²) >= 11 is 0. The van der Waals surface area contributed by atoms with E-state index in [9.17, 15) is 0 Å². The van der Waals surface area contributed by atoms with Gasteiger partial charge < -0.3 is 5.73 Å². The predicted molar refractivity (Wildman–Crippen MR) is 22.6 cm³/mol. The SMILES string of the molecule is NCNNNN. The smallest absolute Gasteiger partial charge is 0.0578 e. The Morgan fingerprint density at radius 1 is 1.50 bits per heavy atom. The molecule has 0 aromatic rings. The summed E-state index contributed by atoms with van der Waals surface area (Å²) in [4.78, 5) is 0. The van der Waals surface area contributed by atoms with Crippen molar-refractivity contribution in [1.82, 2.24) is 16.5 Å². The third kappa shape index (κ3) is 3.80. The van der Waals surface area contributed by atoms with Crippen molar-refractivity contribution < 1.29 is 0 Å². The molecule has 0 fully saturated rings. The van der Waals surface area contributed by atoms with Gasteiger partial charge in [-0.2, -0.15) is 11.1 Å². The minimum Gasteiger partial charge on any atom is -0.317 e. The van der Waals surface area contributed by atoms with Crippen molar-refractivity contribution in [3.05, 3.63) is 0 Å². The van der Waals surface area contributed by atoms with E-state index in [0.29, 0.717) is 6.67 Å². The first-order chi connectivity index (χ1) is 2.91. The summed E-state index contributed by atoms with van der Waals surface area (Å²) in [5, 5.41) is 0. The molecule has 0 unspecified atom stereocenters. The molecule has 0 aliphatic carbocycles. The van der Waals surface area contributed by atoms with Crippen LogP contribution in [0, 0.1) is 0 Å². The van der Waals surface area contributed by atoms with E-state index in [-0.39, 0.29) is 0 Å². The number of rotatable bonds is 3. The van der Waals surface area contributed by atoms with Crippen LogP contribution in [-0.4, -0.2) is 6.67 Å². The van der Waals surface area contributed by atoms with Crippen LogP contribution >= 0.6 is 0 Å².